The third-order valence-corrected chi connectivity index (χ3v) is 4.55. The first-order valence-corrected chi connectivity index (χ1v) is 7.08. The molecule has 16 heavy (non-hydrogen) atoms. The number of thiazole rings is 1. The minimum absolute atomic E-state index is 0.518. The van der Waals surface area contributed by atoms with Crippen LogP contribution in [0.4, 0.5) is 0 Å². The lowest BCUT2D eigenvalue weighted by molar-refractivity contribution is 0.0852. The fourth-order valence-corrected chi connectivity index (χ4v) is 3.57. The summed E-state index contributed by atoms with van der Waals surface area (Å²) in [6.07, 6.45) is 4.82. The molecule has 0 spiro atoms. The molecule has 4 heteroatoms. The Hall–Kier alpha value is -0.450. The highest BCUT2D eigenvalue weighted by Crippen LogP contribution is 2.32. The highest BCUT2D eigenvalue weighted by molar-refractivity contribution is 7.09. The molecule has 1 atom stereocenters. The lowest BCUT2D eigenvalue weighted by atomic mass is 10.0. The minimum Gasteiger partial charge on any atom is -0.381 e. The summed E-state index contributed by atoms with van der Waals surface area (Å²) in [6, 6.07) is 0.518. The highest BCUT2D eigenvalue weighted by Gasteiger charge is 2.23. The van der Waals surface area contributed by atoms with E-state index in [-0.39, 0.29) is 0 Å². The predicted molar refractivity (Wildman–Crippen MR) is 64.9 cm³/mol. The van der Waals surface area contributed by atoms with Crippen LogP contribution in [0.15, 0.2) is 5.38 Å². The molecule has 1 N–H and O–H groups in total. The van der Waals surface area contributed by atoms with Crippen LogP contribution < -0.4 is 5.32 Å². The smallest absolute Gasteiger partial charge is 0.0961 e. The molecule has 0 amide bonds. The summed E-state index contributed by atoms with van der Waals surface area (Å²) in [5.74, 6) is 0.647. The molecule has 0 bridgehead atoms. The van der Waals surface area contributed by atoms with Crippen molar-refractivity contribution in [2.24, 2.45) is 0 Å². The Kier molecular flexibility index (Phi) is 3.22. The molecule has 2 aliphatic heterocycles. The Balaban J connectivity index is 1.71. The van der Waals surface area contributed by atoms with Gasteiger partial charge in [0.05, 0.1) is 16.7 Å². The van der Waals surface area contributed by atoms with E-state index in [1.807, 2.05) is 11.3 Å². The van der Waals surface area contributed by atoms with Gasteiger partial charge >= 0.3 is 0 Å². The van der Waals surface area contributed by atoms with Gasteiger partial charge in [0.1, 0.15) is 0 Å². The quantitative estimate of drug-likeness (QED) is 0.859. The van der Waals surface area contributed by atoms with Crippen LogP contribution in [-0.2, 0) is 4.74 Å². The summed E-state index contributed by atoms with van der Waals surface area (Å²) in [4.78, 5) is 4.82. The normalized spacial score (nSPS) is 27.4. The third kappa shape index (κ3) is 2.14. The van der Waals surface area contributed by atoms with E-state index in [1.54, 1.807) is 0 Å². The summed E-state index contributed by atoms with van der Waals surface area (Å²) >= 11 is 1.84. The number of ether oxygens (including phenoxy) is 1. The Morgan fingerprint density at radius 2 is 2.19 bits per heavy atom. The van der Waals surface area contributed by atoms with E-state index >= 15 is 0 Å². The van der Waals surface area contributed by atoms with Crippen molar-refractivity contribution in [3.63, 3.8) is 0 Å². The molecule has 1 aromatic rings. The van der Waals surface area contributed by atoms with Crippen LogP contribution in [-0.4, -0.2) is 24.7 Å². The molecule has 2 fully saturated rings. The number of hydrogen-bond acceptors (Lipinski definition) is 4. The van der Waals surface area contributed by atoms with Crippen LogP contribution >= 0.6 is 11.3 Å². The van der Waals surface area contributed by atoms with Gasteiger partial charge < -0.3 is 10.1 Å². The molecule has 0 radical (unpaired) electrons. The van der Waals surface area contributed by atoms with Gasteiger partial charge in [-0.05, 0) is 32.2 Å². The van der Waals surface area contributed by atoms with E-state index in [2.05, 4.69) is 10.7 Å². The molecule has 0 aromatic carbocycles. The molecular formula is C12H18N2OS. The summed E-state index contributed by atoms with van der Waals surface area (Å²) < 4.78 is 5.39. The van der Waals surface area contributed by atoms with E-state index < -0.39 is 0 Å². The van der Waals surface area contributed by atoms with Crippen molar-refractivity contribution in [1.29, 1.82) is 0 Å². The Bertz CT molecular complexity index is 341. The van der Waals surface area contributed by atoms with Gasteiger partial charge in [0.2, 0.25) is 0 Å². The minimum atomic E-state index is 0.518. The molecule has 0 saturated carbocycles. The first kappa shape index (κ1) is 10.7. The molecule has 1 aromatic heterocycles. The average Bonchev–Trinajstić information content (AvgIpc) is 3.01. The highest BCUT2D eigenvalue weighted by atomic mass is 32.1. The molecule has 2 saturated heterocycles. The van der Waals surface area contributed by atoms with E-state index in [9.17, 15) is 0 Å². The number of hydrogen-bond donors (Lipinski definition) is 1. The number of nitrogens with one attached hydrogen (secondary N) is 1. The monoisotopic (exact) mass is 238 g/mol. The summed E-state index contributed by atoms with van der Waals surface area (Å²) in [6.45, 7) is 2.96. The van der Waals surface area contributed by atoms with Crippen LogP contribution in [0.3, 0.4) is 0 Å². The van der Waals surface area contributed by atoms with Gasteiger partial charge in [-0.3, -0.25) is 0 Å². The lowest BCUT2D eigenvalue weighted by Crippen LogP contribution is -2.15. The van der Waals surface area contributed by atoms with Crippen LogP contribution in [0.5, 0.6) is 0 Å². The van der Waals surface area contributed by atoms with Gasteiger partial charge in [0.15, 0.2) is 0 Å². The van der Waals surface area contributed by atoms with E-state index in [4.69, 9.17) is 9.72 Å². The second kappa shape index (κ2) is 4.82. The number of aromatic nitrogens is 1. The van der Waals surface area contributed by atoms with Crippen LogP contribution in [0.25, 0.3) is 0 Å². The van der Waals surface area contributed by atoms with Crippen molar-refractivity contribution < 1.29 is 4.74 Å². The van der Waals surface area contributed by atoms with Crippen molar-refractivity contribution in [3.05, 3.63) is 16.1 Å². The standard InChI is InChI=1S/C12H18N2OS/c1-2-10(13-5-1)11-8-16-12(14-11)9-3-6-15-7-4-9/h8-10,13H,1-7H2. The molecule has 1 unspecified atom stereocenters. The Morgan fingerprint density at radius 3 is 2.94 bits per heavy atom. The first-order valence-electron chi connectivity index (χ1n) is 6.20. The molecule has 88 valence electrons. The van der Waals surface area contributed by atoms with Gasteiger partial charge in [-0.25, -0.2) is 4.98 Å². The van der Waals surface area contributed by atoms with E-state index in [0.29, 0.717) is 12.0 Å². The second-order valence-corrected chi connectivity index (χ2v) is 5.54. The summed E-state index contributed by atoms with van der Waals surface area (Å²) in [7, 11) is 0. The number of rotatable bonds is 2. The van der Waals surface area contributed by atoms with Crippen LogP contribution in [0, 0.1) is 0 Å². The maximum absolute atomic E-state index is 5.39. The third-order valence-electron chi connectivity index (χ3n) is 3.53. The van der Waals surface area contributed by atoms with Gasteiger partial charge in [0, 0.05) is 24.5 Å². The van der Waals surface area contributed by atoms with E-state index in [0.717, 1.165) is 32.6 Å². The fourth-order valence-electron chi connectivity index (χ4n) is 2.53. The van der Waals surface area contributed by atoms with Crippen molar-refractivity contribution in [2.75, 3.05) is 19.8 Å². The summed E-state index contributed by atoms with van der Waals surface area (Å²) in [5.41, 5.74) is 1.27. The molecule has 0 aliphatic carbocycles. The number of nitrogens with zero attached hydrogens (tertiary/aromatic N) is 1. The SMILES string of the molecule is c1sc(C2CCOCC2)nc1C1CCCN1. The Labute approximate surface area is 100 Å². The van der Waals surface area contributed by atoms with Crippen molar-refractivity contribution >= 4 is 11.3 Å². The van der Waals surface area contributed by atoms with Gasteiger partial charge in [-0.2, -0.15) is 0 Å². The maximum Gasteiger partial charge on any atom is 0.0961 e. The van der Waals surface area contributed by atoms with E-state index in [1.165, 1.54) is 23.5 Å². The zero-order valence-electron chi connectivity index (χ0n) is 9.45. The molecular weight excluding hydrogens is 220 g/mol. The lowest BCUT2D eigenvalue weighted by Gasteiger charge is -2.19. The van der Waals surface area contributed by atoms with Gasteiger partial charge in [-0.1, -0.05) is 0 Å². The van der Waals surface area contributed by atoms with Crippen LogP contribution in [0.2, 0.25) is 0 Å². The molecule has 3 rings (SSSR count). The topological polar surface area (TPSA) is 34.1 Å². The first-order chi connectivity index (χ1) is 7.93. The molecule has 3 nitrogen and oxygen atoms in total. The molecule has 3 heterocycles. The Morgan fingerprint density at radius 1 is 1.31 bits per heavy atom. The summed E-state index contributed by atoms with van der Waals surface area (Å²) in [5, 5.41) is 7.08. The molecule has 2 aliphatic rings. The van der Waals surface area contributed by atoms with Gasteiger partial charge in [-0.15, -0.1) is 11.3 Å². The van der Waals surface area contributed by atoms with Crippen molar-refractivity contribution in [2.45, 2.75) is 37.6 Å². The van der Waals surface area contributed by atoms with Crippen molar-refractivity contribution in [3.8, 4) is 0 Å². The zero-order chi connectivity index (χ0) is 10.8. The average molecular weight is 238 g/mol. The predicted octanol–water partition coefficient (Wildman–Crippen LogP) is 2.46. The van der Waals surface area contributed by atoms with Gasteiger partial charge in [0.25, 0.3) is 0 Å². The second-order valence-electron chi connectivity index (χ2n) is 4.65. The van der Waals surface area contributed by atoms with Crippen molar-refractivity contribution in [1.82, 2.24) is 10.3 Å². The zero-order valence-corrected chi connectivity index (χ0v) is 10.3. The maximum atomic E-state index is 5.39. The fraction of sp³-hybridized carbons (Fsp3) is 0.750. The largest absolute Gasteiger partial charge is 0.381 e. The van der Waals surface area contributed by atoms with Crippen LogP contribution in [0.1, 0.15) is 48.3 Å².